The van der Waals surface area contributed by atoms with Crippen molar-refractivity contribution in [2.45, 2.75) is 31.8 Å². The number of nitrogens with zero attached hydrogens (tertiary/aromatic N) is 3. The number of hydrogen-bond donors (Lipinski definition) is 3. The number of aliphatic hydroxyl groups is 1. The van der Waals surface area contributed by atoms with Crippen molar-refractivity contribution in [1.82, 2.24) is 19.5 Å². The van der Waals surface area contributed by atoms with E-state index in [4.69, 9.17) is 15.2 Å². The molecule has 1 fully saturated rings. The zero-order chi connectivity index (χ0) is 17.1. The van der Waals surface area contributed by atoms with E-state index in [0.29, 0.717) is 18.0 Å². The van der Waals surface area contributed by atoms with Gasteiger partial charge in [-0.3, -0.25) is 14.3 Å². The summed E-state index contributed by atoms with van der Waals surface area (Å²) in [4.78, 5) is 22.5. The SMILES string of the molecule is CCSSCOC1C[C@H](n2cnc3c(=O)[nH]c(N)nc32)O[C@@H]1CO. The molecule has 4 N–H and O–H groups in total. The van der Waals surface area contributed by atoms with Gasteiger partial charge in [0.2, 0.25) is 5.95 Å². The van der Waals surface area contributed by atoms with Gasteiger partial charge in [0, 0.05) is 12.2 Å². The maximum Gasteiger partial charge on any atom is 0.280 e. The van der Waals surface area contributed by atoms with Crippen molar-refractivity contribution in [3.8, 4) is 0 Å². The van der Waals surface area contributed by atoms with Crippen molar-refractivity contribution in [3.63, 3.8) is 0 Å². The maximum absolute atomic E-state index is 11.9. The molecule has 3 rings (SSSR count). The Hall–Kier alpha value is -1.27. The van der Waals surface area contributed by atoms with Crippen LogP contribution < -0.4 is 11.3 Å². The number of hydrogen-bond acceptors (Lipinski definition) is 9. The van der Waals surface area contributed by atoms with Gasteiger partial charge in [0.25, 0.3) is 5.56 Å². The van der Waals surface area contributed by atoms with Gasteiger partial charge < -0.3 is 20.3 Å². The molecule has 0 spiro atoms. The molecule has 3 atom stereocenters. The number of ether oxygens (including phenoxy) is 2. The minimum absolute atomic E-state index is 0.0201. The zero-order valence-electron chi connectivity index (χ0n) is 13.0. The fourth-order valence-electron chi connectivity index (χ4n) is 2.60. The van der Waals surface area contributed by atoms with Crippen LogP contribution >= 0.6 is 21.6 Å². The van der Waals surface area contributed by atoms with Crippen molar-refractivity contribution in [1.29, 1.82) is 0 Å². The molecule has 0 amide bonds. The first-order chi connectivity index (χ1) is 11.6. The highest BCUT2D eigenvalue weighted by atomic mass is 33.1. The van der Waals surface area contributed by atoms with Crippen LogP contribution in [-0.2, 0) is 9.47 Å². The minimum Gasteiger partial charge on any atom is -0.394 e. The molecule has 1 aliphatic rings. The average molecular weight is 373 g/mol. The highest BCUT2D eigenvalue weighted by molar-refractivity contribution is 8.76. The number of imidazole rings is 1. The van der Waals surface area contributed by atoms with Gasteiger partial charge in [-0.15, -0.1) is 0 Å². The molecule has 1 unspecified atom stereocenters. The number of aromatic amines is 1. The Kier molecular flexibility index (Phi) is 5.66. The lowest BCUT2D eigenvalue weighted by molar-refractivity contribution is -0.0532. The summed E-state index contributed by atoms with van der Waals surface area (Å²) in [5.41, 5.74) is 5.77. The molecule has 1 aliphatic heterocycles. The van der Waals surface area contributed by atoms with E-state index in [1.807, 2.05) is 0 Å². The van der Waals surface area contributed by atoms with Gasteiger partial charge in [0.15, 0.2) is 11.2 Å². The number of aliphatic hydroxyl groups excluding tert-OH is 1. The van der Waals surface area contributed by atoms with E-state index in [9.17, 15) is 9.90 Å². The summed E-state index contributed by atoms with van der Waals surface area (Å²) in [6, 6.07) is 0. The van der Waals surface area contributed by atoms with Crippen molar-refractivity contribution < 1.29 is 14.6 Å². The summed E-state index contributed by atoms with van der Waals surface area (Å²) in [6.07, 6.45) is 0.938. The van der Waals surface area contributed by atoms with E-state index in [0.717, 1.165) is 5.75 Å². The second kappa shape index (κ2) is 7.74. The van der Waals surface area contributed by atoms with Crippen LogP contribution in [-0.4, -0.2) is 55.1 Å². The molecule has 0 radical (unpaired) electrons. The van der Waals surface area contributed by atoms with Crippen LogP contribution in [0.3, 0.4) is 0 Å². The summed E-state index contributed by atoms with van der Waals surface area (Å²) in [5.74, 6) is 1.54. The number of fused-ring (bicyclic) bond motifs is 1. The maximum atomic E-state index is 11.9. The van der Waals surface area contributed by atoms with Gasteiger partial charge >= 0.3 is 0 Å². The molecule has 132 valence electrons. The molecule has 3 heterocycles. The summed E-state index contributed by atoms with van der Waals surface area (Å²) in [7, 11) is 3.34. The fourth-order valence-corrected chi connectivity index (χ4v) is 3.93. The summed E-state index contributed by atoms with van der Waals surface area (Å²) < 4.78 is 13.3. The lowest BCUT2D eigenvalue weighted by Crippen LogP contribution is -2.27. The Morgan fingerprint density at radius 1 is 1.58 bits per heavy atom. The Balaban J connectivity index is 1.77. The summed E-state index contributed by atoms with van der Waals surface area (Å²) in [5, 5.41) is 9.52. The van der Waals surface area contributed by atoms with Gasteiger partial charge in [-0.05, 0) is 0 Å². The fraction of sp³-hybridized carbons (Fsp3) is 0.615. The average Bonchev–Trinajstić information content (AvgIpc) is 3.15. The van der Waals surface area contributed by atoms with Crippen molar-refractivity contribution in [2.24, 2.45) is 0 Å². The number of nitrogen functional groups attached to an aromatic ring is 1. The second-order valence-electron chi connectivity index (χ2n) is 5.17. The van der Waals surface area contributed by atoms with Crippen LogP contribution in [0, 0.1) is 0 Å². The third-order valence-corrected chi connectivity index (χ3v) is 5.78. The molecule has 0 saturated carbocycles. The molecule has 11 heteroatoms. The first-order valence-electron chi connectivity index (χ1n) is 7.48. The lowest BCUT2D eigenvalue weighted by Gasteiger charge is -2.15. The molecule has 24 heavy (non-hydrogen) atoms. The quantitative estimate of drug-likeness (QED) is 0.365. The van der Waals surface area contributed by atoms with Gasteiger partial charge in [-0.1, -0.05) is 28.5 Å². The van der Waals surface area contributed by atoms with Crippen LogP contribution in [0.4, 0.5) is 5.95 Å². The normalized spacial score (nSPS) is 24.0. The molecular formula is C13H19N5O4S2. The predicted molar refractivity (Wildman–Crippen MR) is 93.6 cm³/mol. The summed E-state index contributed by atoms with van der Waals surface area (Å²) >= 11 is 0. The Morgan fingerprint density at radius 3 is 3.17 bits per heavy atom. The number of nitrogens with one attached hydrogen (secondary N) is 1. The summed E-state index contributed by atoms with van der Waals surface area (Å²) in [6.45, 7) is 1.93. The first kappa shape index (κ1) is 17.5. The van der Waals surface area contributed by atoms with E-state index in [-0.39, 0.29) is 24.2 Å². The van der Waals surface area contributed by atoms with Crippen LogP contribution in [0.5, 0.6) is 0 Å². The largest absolute Gasteiger partial charge is 0.394 e. The van der Waals surface area contributed by atoms with E-state index in [1.165, 1.54) is 6.33 Å². The van der Waals surface area contributed by atoms with Crippen molar-refractivity contribution >= 4 is 38.7 Å². The molecule has 1 saturated heterocycles. The van der Waals surface area contributed by atoms with Gasteiger partial charge in [-0.25, -0.2) is 4.98 Å². The van der Waals surface area contributed by atoms with Crippen molar-refractivity contribution in [2.75, 3.05) is 24.0 Å². The topological polar surface area (TPSA) is 128 Å². The monoisotopic (exact) mass is 373 g/mol. The smallest absolute Gasteiger partial charge is 0.280 e. The predicted octanol–water partition coefficient (Wildman–Crippen LogP) is 0.726. The number of aromatic nitrogens is 4. The van der Waals surface area contributed by atoms with E-state index >= 15 is 0 Å². The van der Waals surface area contributed by atoms with Crippen LogP contribution in [0.1, 0.15) is 19.6 Å². The Labute approximate surface area is 145 Å². The van der Waals surface area contributed by atoms with Crippen LogP contribution in [0.15, 0.2) is 11.1 Å². The standard InChI is InChI=1S/C13H19N5O4S2/c1-2-23-24-6-21-7-3-9(22-8(7)4-19)18-5-15-10-11(18)16-13(14)17-12(10)20/h5,7-9,19H,2-4,6H2,1H3,(H3,14,16,17,20)/t7?,8-,9-/m1/s1. The van der Waals surface area contributed by atoms with E-state index < -0.39 is 17.9 Å². The second-order valence-corrected chi connectivity index (χ2v) is 7.87. The van der Waals surface area contributed by atoms with Crippen molar-refractivity contribution in [3.05, 3.63) is 16.7 Å². The first-order valence-corrected chi connectivity index (χ1v) is 9.97. The molecule has 0 bridgehead atoms. The van der Waals surface area contributed by atoms with Gasteiger partial charge in [-0.2, -0.15) is 4.98 Å². The third-order valence-electron chi connectivity index (χ3n) is 3.65. The van der Waals surface area contributed by atoms with Gasteiger partial charge in [0.1, 0.15) is 18.3 Å². The van der Waals surface area contributed by atoms with Crippen LogP contribution in [0.25, 0.3) is 11.2 Å². The third kappa shape index (κ3) is 3.54. The zero-order valence-corrected chi connectivity index (χ0v) is 14.7. The number of H-pyrrole nitrogens is 1. The highest BCUT2D eigenvalue weighted by Crippen LogP contribution is 2.33. The lowest BCUT2D eigenvalue weighted by atomic mass is 10.2. The molecule has 2 aromatic heterocycles. The molecule has 2 aromatic rings. The number of anilines is 1. The molecule has 0 aromatic carbocycles. The van der Waals surface area contributed by atoms with Crippen LogP contribution in [0.2, 0.25) is 0 Å². The minimum atomic E-state index is -0.431. The number of nitrogens with two attached hydrogens (primary N) is 1. The van der Waals surface area contributed by atoms with E-state index in [2.05, 4.69) is 21.9 Å². The highest BCUT2D eigenvalue weighted by Gasteiger charge is 2.37. The Morgan fingerprint density at radius 2 is 2.42 bits per heavy atom. The van der Waals surface area contributed by atoms with Gasteiger partial charge in [0.05, 0.1) is 19.0 Å². The number of rotatable bonds is 7. The molecular weight excluding hydrogens is 354 g/mol. The van der Waals surface area contributed by atoms with E-state index in [1.54, 1.807) is 26.2 Å². The molecule has 9 nitrogen and oxygen atoms in total. The Bertz CT molecular complexity index is 752. The molecule has 0 aliphatic carbocycles.